The number of nitrogens with one attached hydrogen (secondary N) is 1. The Balaban J connectivity index is 3.99. The van der Waals surface area contributed by atoms with Crippen LogP contribution in [0.4, 0.5) is 0 Å². The average molecular weight is 229 g/mol. The molecule has 4 heteroatoms. The number of amides is 1. The van der Waals surface area contributed by atoms with Gasteiger partial charge in [-0.15, -0.1) is 0 Å². The van der Waals surface area contributed by atoms with E-state index in [4.69, 9.17) is 5.73 Å². The van der Waals surface area contributed by atoms with Crippen LogP contribution in [0.15, 0.2) is 0 Å². The van der Waals surface area contributed by atoms with Crippen molar-refractivity contribution in [1.29, 1.82) is 0 Å². The predicted molar refractivity (Wildman–Crippen MR) is 68.3 cm³/mol. The lowest BCUT2D eigenvalue weighted by Gasteiger charge is -2.28. The Labute approximate surface area is 99.6 Å². The Kier molecular flexibility index (Phi) is 7.34. The Morgan fingerprint density at radius 1 is 1.38 bits per heavy atom. The van der Waals surface area contributed by atoms with Gasteiger partial charge in [0, 0.05) is 0 Å². The van der Waals surface area contributed by atoms with Crippen LogP contribution in [0.5, 0.6) is 0 Å². The van der Waals surface area contributed by atoms with Gasteiger partial charge in [-0.2, -0.15) is 0 Å². The van der Waals surface area contributed by atoms with Gasteiger partial charge in [0.25, 0.3) is 0 Å². The number of carbonyl (C=O) groups excluding carboxylic acids is 1. The molecule has 0 aliphatic rings. The van der Waals surface area contributed by atoms with Crippen LogP contribution in [-0.4, -0.2) is 43.0 Å². The SMILES string of the molecule is CCCN(C)CCCC(C)(NCC)C(N)=O. The van der Waals surface area contributed by atoms with E-state index in [-0.39, 0.29) is 5.91 Å². The summed E-state index contributed by atoms with van der Waals surface area (Å²) in [6.07, 6.45) is 2.95. The minimum atomic E-state index is -0.554. The quantitative estimate of drug-likeness (QED) is 0.619. The van der Waals surface area contributed by atoms with Gasteiger partial charge in [0.15, 0.2) is 0 Å². The van der Waals surface area contributed by atoms with Crippen molar-refractivity contribution in [1.82, 2.24) is 10.2 Å². The van der Waals surface area contributed by atoms with Gasteiger partial charge in [0.2, 0.25) is 5.91 Å². The van der Waals surface area contributed by atoms with Gasteiger partial charge < -0.3 is 16.0 Å². The van der Waals surface area contributed by atoms with Crippen molar-refractivity contribution in [3.63, 3.8) is 0 Å². The molecule has 4 nitrogen and oxygen atoms in total. The molecule has 1 amide bonds. The van der Waals surface area contributed by atoms with Crippen LogP contribution in [0.1, 0.15) is 40.0 Å². The maximum Gasteiger partial charge on any atom is 0.237 e. The van der Waals surface area contributed by atoms with E-state index in [1.54, 1.807) is 0 Å². The van der Waals surface area contributed by atoms with E-state index in [1.165, 1.54) is 0 Å². The smallest absolute Gasteiger partial charge is 0.237 e. The minimum Gasteiger partial charge on any atom is -0.368 e. The third kappa shape index (κ3) is 5.47. The second-order valence-electron chi connectivity index (χ2n) is 4.63. The van der Waals surface area contributed by atoms with Crippen LogP contribution >= 0.6 is 0 Å². The third-order valence-corrected chi connectivity index (χ3v) is 2.93. The predicted octanol–water partition coefficient (Wildman–Crippen LogP) is 0.962. The zero-order valence-corrected chi connectivity index (χ0v) is 11.2. The van der Waals surface area contributed by atoms with Crippen LogP contribution in [0, 0.1) is 0 Å². The number of likely N-dealkylation sites (N-methyl/N-ethyl adjacent to an activating group) is 1. The van der Waals surface area contributed by atoms with Crippen LogP contribution in [-0.2, 0) is 4.79 Å². The highest BCUT2D eigenvalue weighted by Gasteiger charge is 2.28. The lowest BCUT2D eigenvalue weighted by atomic mass is 9.94. The van der Waals surface area contributed by atoms with Crippen LogP contribution in [0.3, 0.4) is 0 Å². The minimum absolute atomic E-state index is 0.257. The molecule has 96 valence electrons. The number of primary amides is 1. The fourth-order valence-corrected chi connectivity index (χ4v) is 1.88. The van der Waals surface area contributed by atoms with E-state index in [1.807, 2.05) is 13.8 Å². The molecule has 0 bridgehead atoms. The Morgan fingerprint density at radius 2 is 2.00 bits per heavy atom. The molecule has 0 fully saturated rings. The lowest BCUT2D eigenvalue weighted by Crippen LogP contribution is -2.53. The van der Waals surface area contributed by atoms with Gasteiger partial charge in [-0.25, -0.2) is 0 Å². The topological polar surface area (TPSA) is 58.4 Å². The molecule has 0 aromatic rings. The molecule has 0 radical (unpaired) electrons. The van der Waals surface area contributed by atoms with Gasteiger partial charge in [0.1, 0.15) is 0 Å². The maximum atomic E-state index is 11.4. The van der Waals surface area contributed by atoms with E-state index >= 15 is 0 Å². The first-order chi connectivity index (χ1) is 7.46. The first-order valence-corrected chi connectivity index (χ1v) is 6.19. The summed E-state index contributed by atoms with van der Waals surface area (Å²) in [4.78, 5) is 13.6. The Bertz CT molecular complexity index is 208. The van der Waals surface area contributed by atoms with Crippen molar-refractivity contribution >= 4 is 5.91 Å². The van der Waals surface area contributed by atoms with E-state index in [9.17, 15) is 4.79 Å². The summed E-state index contributed by atoms with van der Waals surface area (Å²) in [6, 6.07) is 0. The van der Waals surface area contributed by atoms with E-state index in [0.29, 0.717) is 0 Å². The largest absolute Gasteiger partial charge is 0.368 e. The molecule has 0 aliphatic carbocycles. The van der Waals surface area contributed by atoms with E-state index in [0.717, 1.165) is 38.9 Å². The summed E-state index contributed by atoms with van der Waals surface area (Å²) in [5, 5.41) is 3.17. The summed E-state index contributed by atoms with van der Waals surface area (Å²) >= 11 is 0. The fourth-order valence-electron chi connectivity index (χ4n) is 1.88. The molecule has 0 saturated carbocycles. The summed E-state index contributed by atoms with van der Waals surface area (Å²) < 4.78 is 0. The van der Waals surface area contributed by atoms with Gasteiger partial charge in [-0.1, -0.05) is 13.8 Å². The molecule has 0 rings (SSSR count). The molecule has 0 saturated heterocycles. The molecule has 0 aromatic heterocycles. The molecule has 0 heterocycles. The molecular weight excluding hydrogens is 202 g/mol. The number of hydrogen-bond donors (Lipinski definition) is 2. The van der Waals surface area contributed by atoms with Crippen LogP contribution in [0.25, 0.3) is 0 Å². The average Bonchev–Trinajstić information content (AvgIpc) is 2.18. The Morgan fingerprint density at radius 3 is 2.44 bits per heavy atom. The van der Waals surface area contributed by atoms with E-state index < -0.39 is 5.54 Å². The number of nitrogens with two attached hydrogens (primary N) is 1. The molecule has 1 atom stereocenters. The molecule has 0 spiro atoms. The van der Waals surface area contributed by atoms with Gasteiger partial charge in [0.05, 0.1) is 5.54 Å². The molecule has 0 aliphatic heterocycles. The summed E-state index contributed by atoms with van der Waals surface area (Å²) in [5.41, 5.74) is 4.86. The van der Waals surface area contributed by atoms with Crippen molar-refractivity contribution in [2.75, 3.05) is 26.7 Å². The highest BCUT2D eigenvalue weighted by Crippen LogP contribution is 2.12. The number of carbonyl (C=O) groups is 1. The lowest BCUT2D eigenvalue weighted by molar-refractivity contribution is -0.124. The Hall–Kier alpha value is -0.610. The molecule has 16 heavy (non-hydrogen) atoms. The normalized spacial score (nSPS) is 15.1. The van der Waals surface area contributed by atoms with Crippen molar-refractivity contribution in [3.05, 3.63) is 0 Å². The number of rotatable bonds is 9. The second-order valence-corrected chi connectivity index (χ2v) is 4.63. The fraction of sp³-hybridized carbons (Fsp3) is 0.917. The van der Waals surface area contributed by atoms with Crippen molar-refractivity contribution in [2.45, 2.75) is 45.6 Å². The zero-order valence-electron chi connectivity index (χ0n) is 11.2. The first-order valence-electron chi connectivity index (χ1n) is 6.19. The summed E-state index contributed by atoms with van der Waals surface area (Å²) in [5.74, 6) is -0.257. The second kappa shape index (κ2) is 7.63. The van der Waals surface area contributed by atoms with Gasteiger partial charge in [-0.3, -0.25) is 4.79 Å². The number of nitrogens with zero attached hydrogens (tertiary/aromatic N) is 1. The highest BCUT2D eigenvalue weighted by molar-refractivity contribution is 5.84. The van der Waals surface area contributed by atoms with E-state index in [2.05, 4.69) is 24.2 Å². The van der Waals surface area contributed by atoms with Crippen LogP contribution in [0.2, 0.25) is 0 Å². The van der Waals surface area contributed by atoms with Gasteiger partial charge in [-0.05, 0) is 52.9 Å². The molecule has 1 unspecified atom stereocenters. The van der Waals surface area contributed by atoms with Crippen molar-refractivity contribution in [2.24, 2.45) is 5.73 Å². The summed E-state index contributed by atoms with van der Waals surface area (Å²) in [6.45, 7) is 8.94. The molecular formula is C12H27N3O. The highest BCUT2D eigenvalue weighted by atomic mass is 16.1. The van der Waals surface area contributed by atoms with Crippen molar-refractivity contribution < 1.29 is 4.79 Å². The molecule has 0 aromatic carbocycles. The first kappa shape index (κ1) is 15.4. The van der Waals surface area contributed by atoms with Crippen molar-refractivity contribution in [3.8, 4) is 0 Å². The monoisotopic (exact) mass is 229 g/mol. The standard InChI is InChI=1S/C12H27N3O/c1-5-9-15(4)10-7-8-12(3,11(13)16)14-6-2/h14H,5-10H2,1-4H3,(H2,13,16). The zero-order chi connectivity index (χ0) is 12.6. The molecule has 3 N–H and O–H groups in total. The third-order valence-electron chi connectivity index (χ3n) is 2.93. The number of hydrogen-bond acceptors (Lipinski definition) is 3. The summed E-state index contributed by atoms with van der Waals surface area (Å²) in [7, 11) is 2.11. The van der Waals surface area contributed by atoms with Crippen LogP contribution < -0.4 is 11.1 Å². The maximum absolute atomic E-state index is 11.4. The van der Waals surface area contributed by atoms with Gasteiger partial charge >= 0.3 is 0 Å².